The molecule has 0 amide bonds. The predicted octanol–water partition coefficient (Wildman–Crippen LogP) is 5.64. The van der Waals surface area contributed by atoms with Gasteiger partial charge in [0, 0.05) is 50.3 Å². The van der Waals surface area contributed by atoms with Gasteiger partial charge in [0.05, 0.1) is 16.9 Å². The highest BCUT2D eigenvalue weighted by Crippen LogP contribution is 2.36. The second-order valence-corrected chi connectivity index (χ2v) is 9.21. The van der Waals surface area contributed by atoms with Crippen LogP contribution in [0.25, 0.3) is 11.3 Å². The molecule has 38 heavy (non-hydrogen) atoms. The normalized spacial score (nSPS) is 14.0. The first kappa shape index (κ1) is 26.9. The van der Waals surface area contributed by atoms with Crippen molar-refractivity contribution in [2.24, 2.45) is 10.8 Å². The van der Waals surface area contributed by atoms with E-state index >= 15 is 0 Å². The lowest BCUT2D eigenvalue weighted by atomic mass is 10.0. The highest BCUT2D eigenvalue weighted by Gasteiger charge is 2.32. The minimum absolute atomic E-state index is 0.264. The van der Waals surface area contributed by atoms with E-state index in [1.807, 2.05) is 19.0 Å². The Kier molecular flexibility index (Phi) is 8.16. The molecular formula is C27H31F3N8. The van der Waals surface area contributed by atoms with Gasteiger partial charge in [0.25, 0.3) is 0 Å². The van der Waals surface area contributed by atoms with Crippen LogP contribution in [0.15, 0.2) is 72.1 Å². The van der Waals surface area contributed by atoms with E-state index in [0.717, 1.165) is 38.4 Å². The molecule has 0 saturated carbocycles. The number of hydrazine groups is 1. The molecule has 1 aliphatic heterocycles. The fourth-order valence-corrected chi connectivity index (χ4v) is 3.99. The number of aromatic nitrogens is 2. The Bertz CT molecular complexity index is 1280. The van der Waals surface area contributed by atoms with Crippen molar-refractivity contribution in [2.45, 2.75) is 25.4 Å². The largest absolute Gasteiger partial charge is 0.416 e. The third-order valence-corrected chi connectivity index (χ3v) is 6.19. The molecule has 0 aliphatic carbocycles. The molecule has 1 fully saturated rings. The smallest absolute Gasteiger partial charge is 0.372 e. The van der Waals surface area contributed by atoms with E-state index in [9.17, 15) is 13.2 Å². The summed E-state index contributed by atoms with van der Waals surface area (Å²) in [5, 5.41) is 4.46. The number of alkyl halides is 3. The Balaban J connectivity index is 1.54. The van der Waals surface area contributed by atoms with Crippen LogP contribution in [-0.4, -0.2) is 48.4 Å². The molecule has 4 rings (SSSR count). The second-order valence-electron chi connectivity index (χ2n) is 9.21. The van der Waals surface area contributed by atoms with Crippen molar-refractivity contribution >= 4 is 29.3 Å². The molecule has 2 heterocycles. The molecule has 11 heteroatoms. The number of halogens is 3. The van der Waals surface area contributed by atoms with E-state index in [0.29, 0.717) is 34.1 Å². The summed E-state index contributed by atoms with van der Waals surface area (Å²) in [6.45, 7) is 5.30. The standard InChI is InChI=1S/C27H31F3N8/c1-19(36(2)3)33-18-38(31)23-9-7-22(8-10-23)34-26-32-12-11-25(35-26)20-15-21(27(28,29)30)17-24(16-20)37-13-5-4-6-14-37/h7-12,15-18H,1,4-6,13-14,31H2,2-3H3,(H,32,34,35)/b33-18-. The monoisotopic (exact) mass is 524 g/mol. The van der Waals surface area contributed by atoms with E-state index in [2.05, 4.69) is 26.9 Å². The Morgan fingerprint density at radius 2 is 1.79 bits per heavy atom. The van der Waals surface area contributed by atoms with E-state index in [1.165, 1.54) is 23.6 Å². The van der Waals surface area contributed by atoms with Crippen molar-refractivity contribution in [1.82, 2.24) is 14.9 Å². The Hall–Kier alpha value is -4.12. The number of aliphatic imine (C=N–C) groups is 1. The lowest BCUT2D eigenvalue weighted by molar-refractivity contribution is -0.137. The zero-order valence-electron chi connectivity index (χ0n) is 21.4. The van der Waals surface area contributed by atoms with Crippen LogP contribution in [-0.2, 0) is 6.18 Å². The van der Waals surface area contributed by atoms with Crippen LogP contribution in [0.1, 0.15) is 24.8 Å². The number of nitrogens with one attached hydrogen (secondary N) is 1. The number of benzene rings is 2. The van der Waals surface area contributed by atoms with Crippen LogP contribution < -0.4 is 21.1 Å². The molecule has 0 spiro atoms. The van der Waals surface area contributed by atoms with Gasteiger partial charge in [-0.1, -0.05) is 6.58 Å². The fourth-order valence-electron chi connectivity index (χ4n) is 3.99. The molecule has 1 saturated heterocycles. The number of hydrogen-bond donors (Lipinski definition) is 2. The van der Waals surface area contributed by atoms with Gasteiger partial charge in [-0.3, -0.25) is 5.01 Å². The molecule has 0 atom stereocenters. The molecule has 0 unspecified atom stereocenters. The van der Waals surface area contributed by atoms with Crippen LogP contribution in [0.4, 0.5) is 36.2 Å². The maximum atomic E-state index is 13.7. The maximum absolute atomic E-state index is 13.7. The number of piperidine rings is 1. The number of nitrogens with zero attached hydrogens (tertiary/aromatic N) is 6. The minimum Gasteiger partial charge on any atom is -0.372 e. The van der Waals surface area contributed by atoms with Gasteiger partial charge in [-0.2, -0.15) is 13.2 Å². The first-order chi connectivity index (χ1) is 18.1. The molecule has 1 aliphatic rings. The van der Waals surface area contributed by atoms with Crippen LogP contribution >= 0.6 is 0 Å². The van der Waals surface area contributed by atoms with Crippen molar-refractivity contribution in [1.29, 1.82) is 0 Å². The van der Waals surface area contributed by atoms with E-state index in [1.54, 1.807) is 41.3 Å². The van der Waals surface area contributed by atoms with E-state index in [4.69, 9.17) is 5.84 Å². The van der Waals surface area contributed by atoms with E-state index in [-0.39, 0.29) is 5.95 Å². The van der Waals surface area contributed by atoms with Crippen LogP contribution in [0.2, 0.25) is 0 Å². The molecule has 2 aromatic carbocycles. The Labute approximate surface area is 220 Å². The Morgan fingerprint density at radius 3 is 2.45 bits per heavy atom. The molecule has 0 bridgehead atoms. The van der Waals surface area contributed by atoms with Gasteiger partial charge in [0.2, 0.25) is 5.95 Å². The summed E-state index contributed by atoms with van der Waals surface area (Å²) in [5.41, 5.74) is 2.03. The molecule has 3 aromatic rings. The van der Waals surface area contributed by atoms with Gasteiger partial charge >= 0.3 is 6.18 Å². The lowest BCUT2D eigenvalue weighted by Crippen LogP contribution is -2.29. The van der Waals surface area contributed by atoms with Crippen molar-refractivity contribution in [3.05, 3.63) is 72.7 Å². The van der Waals surface area contributed by atoms with Crippen molar-refractivity contribution in [3.63, 3.8) is 0 Å². The summed E-state index contributed by atoms with van der Waals surface area (Å²) in [5.74, 6) is 6.85. The first-order valence-electron chi connectivity index (χ1n) is 12.2. The average Bonchev–Trinajstić information content (AvgIpc) is 2.91. The van der Waals surface area contributed by atoms with Gasteiger partial charge in [-0.05, 0) is 67.8 Å². The van der Waals surface area contributed by atoms with Gasteiger partial charge in [-0.25, -0.2) is 20.8 Å². The number of anilines is 4. The highest BCUT2D eigenvalue weighted by atomic mass is 19.4. The zero-order chi connectivity index (χ0) is 27.3. The molecule has 200 valence electrons. The van der Waals surface area contributed by atoms with Crippen LogP contribution in [0.3, 0.4) is 0 Å². The quantitative estimate of drug-likeness (QED) is 0.171. The highest BCUT2D eigenvalue weighted by molar-refractivity contribution is 5.79. The third-order valence-electron chi connectivity index (χ3n) is 6.19. The molecule has 8 nitrogen and oxygen atoms in total. The Morgan fingerprint density at radius 1 is 1.08 bits per heavy atom. The summed E-state index contributed by atoms with van der Waals surface area (Å²) in [6, 6.07) is 12.9. The van der Waals surface area contributed by atoms with Gasteiger partial charge in [-0.15, -0.1) is 0 Å². The summed E-state index contributed by atoms with van der Waals surface area (Å²) < 4.78 is 41.2. The van der Waals surface area contributed by atoms with Gasteiger partial charge in [0.1, 0.15) is 12.2 Å². The summed E-state index contributed by atoms with van der Waals surface area (Å²) >= 11 is 0. The summed E-state index contributed by atoms with van der Waals surface area (Å²) in [7, 11) is 3.66. The molecule has 3 N–H and O–H groups in total. The number of nitrogens with two attached hydrogens (primary N) is 1. The molecule has 0 radical (unpaired) electrons. The summed E-state index contributed by atoms with van der Waals surface area (Å²) in [4.78, 5) is 16.7. The van der Waals surface area contributed by atoms with Crippen molar-refractivity contribution in [2.75, 3.05) is 42.4 Å². The number of rotatable bonds is 8. The second kappa shape index (κ2) is 11.5. The fraction of sp³-hybridized carbons (Fsp3) is 0.296. The first-order valence-corrected chi connectivity index (χ1v) is 12.2. The molecular weight excluding hydrogens is 493 g/mol. The molecule has 1 aromatic heterocycles. The topological polar surface area (TPSA) is 85.9 Å². The van der Waals surface area contributed by atoms with Crippen LogP contribution in [0, 0.1) is 0 Å². The van der Waals surface area contributed by atoms with Gasteiger partial charge < -0.3 is 15.1 Å². The maximum Gasteiger partial charge on any atom is 0.416 e. The minimum atomic E-state index is -4.46. The third kappa shape index (κ3) is 6.80. The number of hydrogen-bond acceptors (Lipinski definition) is 7. The average molecular weight is 525 g/mol. The SMILES string of the molecule is C=C(/N=C\N(N)c1ccc(Nc2nccc(-c3cc(N4CCCCC4)cc(C(F)(F)F)c3)n2)cc1)N(C)C. The summed E-state index contributed by atoms with van der Waals surface area (Å²) in [6.07, 6.45) is 1.54. The lowest BCUT2D eigenvalue weighted by Gasteiger charge is -2.29. The van der Waals surface area contributed by atoms with Gasteiger partial charge in [0.15, 0.2) is 0 Å². The predicted molar refractivity (Wildman–Crippen MR) is 146 cm³/mol. The van der Waals surface area contributed by atoms with Crippen molar-refractivity contribution in [3.8, 4) is 11.3 Å². The van der Waals surface area contributed by atoms with E-state index < -0.39 is 11.7 Å². The van der Waals surface area contributed by atoms with Crippen LogP contribution in [0.5, 0.6) is 0 Å². The van der Waals surface area contributed by atoms with Crippen molar-refractivity contribution < 1.29 is 13.2 Å². The zero-order valence-corrected chi connectivity index (χ0v) is 21.4.